The third-order valence-electron chi connectivity index (χ3n) is 10.2. The highest BCUT2D eigenvalue weighted by atomic mass is 16.2. The standard InChI is InChI=1S/C40H54N6O6/c1-25(2)21-29-35(47)43-31(23-27-13-7-5-8-14-27)39(51)46-20-12-18-34(46)38(50)42-30(22-26(3)4)36(48)44-32(24-28-15-9-6-10-16-28)40(52)45-19-11-17-33(45)37(49)41-29/h5-10,13-16,25-26,29-34H,11-12,17-24H2,1-4H3,(H,41,49)(H,42,50)(H,43,47)(H,44,48)/t29-,30-,31+,32+,33-,34-/m0/s1. The van der Waals surface area contributed by atoms with E-state index in [1.807, 2.05) is 88.4 Å². The Morgan fingerprint density at radius 3 is 1.21 bits per heavy atom. The van der Waals surface area contributed by atoms with Gasteiger partial charge in [-0.3, -0.25) is 28.8 Å². The van der Waals surface area contributed by atoms with E-state index in [-0.39, 0.29) is 24.7 Å². The Morgan fingerprint density at radius 1 is 0.519 bits per heavy atom. The van der Waals surface area contributed by atoms with Crippen LogP contribution in [-0.4, -0.2) is 94.6 Å². The van der Waals surface area contributed by atoms with E-state index in [9.17, 15) is 28.8 Å². The second-order valence-electron chi connectivity index (χ2n) is 15.3. The largest absolute Gasteiger partial charge is 0.343 e. The Balaban J connectivity index is 1.53. The predicted molar refractivity (Wildman–Crippen MR) is 196 cm³/mol. The number of hydrogen-bond donors (Lipinski definition) is 4. The molecule has 3 heterocycles. The first-order valence-electron chi connectivity index (χ1n) is 18.8. The lowest BCUT2D eigenvalue weighted by molar-refractivity contribution is -0.144. The van der Waals surface area contributed by atoms with Crippen molar-refractivity contribution < 1.29 is 28.8 Å². The van der Waals surface area contributed by atoms with Gasteiger partial charge in [0.15, 0.2) is 0 Å². The zero-order valence-electron chi connectivity index (χ0n) is 30.8. The van der Waals surface area contributed by atoms with Gasteiger partial charge in [0.05, 0.1) is 0 Å². The number of carbonyl (C=O) groups is 6. The fourth-order valence-corrected chi connectivity index (χ4v) is 7.59. The maximum atomic E-state index is 14.4. The molecule has 5 rings (SSSR count). The predicted octanol–water partition coefficient (Wildman–Crippen LogP) is 2.50. The van der Waals surface area contributed by atoms with Crippen LogP contribution < -0.4 is 21.3 Å². The number of hydrogen-bond acceptors (Lipinski definition) is 6. The third kappa shape index (κ3) is 9.77. The summed E-state index contributed by atoms with van der Waals surface area (Å²) in [5, 5.41) is 11.7. The van der Waals surface area contributed by atoms with E-state index in [2.05, 4.69) is 21.3 Å². The van der Waals surface area contributed by atoms with Crippen molar-refractivity contribution in [3.8, 4) is 0 Å². The summed E-state index contributed by atoms with van der Waals surface area (Å²) in [6.45, 7) is 8.41. The molecular weight excluding hydrogens is 660 g/mol. The molecule has 12 heteroatoms. The van der Waals surface area contributed by atoms with Crippen molar-refractivity contribution in [2.75, 3.05) is 13.1 Å². The molecule has 3 saturated heterocycles. The lowest BCUT2D eigenvalue weighted by Crippen LogP contribution is -2.61. The van der Waals surface area contributed by atoms with Crippen molar-refractivity contribution in [3.05, 3.63) is 71.8 Å². The highest BCUT2D eigenvalue weighted by Gasteiger charge is 2.42. The lowest BCUT2D eigenvalue weighted by atomic mass is 9.99. The van der Waals surface area contributed by atoms with Gasteiger partial charge in [0.1, 0.15) is 36.3 Å². The SMILES string of the molecule is CC(C)C[C@@H]1NC(=O)[C@@H]2CCCN2C(=O)[C@@H](Cc2ccccc2)NC(=O)[C@H](CC(C)C)NC(=O)[C@@H]2CCCN2C(=O)[C@@H](Cc2ccccc2)NC1=O. The monoisotopic (exact) mass is 714 g/mol. The molecule has 0 spiro atoms. The number of carbonyl (C=O) groups excluding carboxylic acids is 6. The van der Waals surface area contributed by atoms with Crippen molar-refractivity contribution in [3.63, 3.8) is 0 Å². The Bertz CT molecular complexity index is 1470. The minimum absolute atomic E-state index is 0.0226. The van der Waals surface area contributed by atoms with Crippen LogP contribution in [0.2, 0.25) is 0 Å². The van der Waals surface area contributed by atoms with Crippen LogP contribution in [0.5, 0.6) is 0 Å². The molecule has 3 aliphatic rings. The molecule has 4 N–H and O–H groups in total. The van der Waals surface area contributed by atoms with Crippen molar-refractivity contribution in [1.82, 2.24) is 31.1 Å². The molecule has 280 valence electrons. The second-order valence-corrected chi connectivity index (χ2v) is 15.3. The van der Waals surface area contributed by atoms with E-state index in [0.29, 0.717) is 51.6 Å². The van der Waals surface area contributed by atoms with Crippen molar-refractivity contribution in [2.24, 2.45) is 11.8 Å². The van der Waals surface area contributed by atoms with Crippen LogP contribution in [0.25, 0.3) is 0 Å². The molecule has 12 nitrogen and oxygen atoms in total. The molecule has 0 radical (unpaired) electrons. The summed E-state index contributed by atoms with van der Waals surface area (Å²) in [4.78, 5) is 87.9. The summed E-state index contributed by atoms with van der Waals surface area (Å²) >= 11 is 0. The fourth-order valence-electron chi connectivity index (χ4n) is 7.59. The Morgan fingerprint density at radius 2 is 0.865 bits per heavy atom. The molecule has 3 aliphatic heterocycles. The first-order chi connectivity index (χ1) is 24.9. The molecule has 2 aromatic rings. The summed E-state index contributed by atoms with van der Waals surface area (Å²) in [5.74, 6) is -2.65. The second kappa shape index (κ2) is 17.7. The van der Waals surface area contributed by atoms with E-state index in [0.717, 1.165) is 11.1 Å². The molecule has 0 aromatic heterocycles. The van der Waals surface area contributed by atoms with Gasteiger partial charge >= 0.3 is 0 Å². The van der Waals surface area contributed by atoms with Gasteiger partial charge < -0.3 is 31.1 Å². The maximum absolute atomic E-state index is 14.4. The normalized spacial score (nSPS) is 26.7. The van der Waals surface area contributed by atoms with E-state index < -0.39 is 71.7 Å². The maximum Gasteiger partial charge on any atom is 0.246 e. The molecule has 52 heavy (non-hydrogen) atoms. The average Bonchev–Trinajstić information content (AvgIpc) is 3.81. The van der Waals surface area contributed by atoms with E-state index in [1.165, 1.54) is 9.80 Å². The van der Waals surface area contributed by atoms with Gasteiger partial charge in [-0.15, -0.1) is 0 Å². The summed E-state index contributed by atoms with van der Waals surface area (Å²) in [6.07, 6.45) is 2.94. The minimum Gasteiger partial charge on any atom is -0.343 e. The van der Waals surface area contributed by atoms with Gasteiger partial charge in [0.25, 0.3) is 0 Å². The fraction of sp³-hybridized carbons (Fsp3) is 0.550. The van der Waals surface area contributed by atoms with Gasteiger partial charge in [-0.1, -0.05) is 88.4 Å². The number of amides is 6. The zero-order chi connectivity index (χ0) is 37.4. The summed E-state index contributed by atoms with van der Waals surface area (Å²) in [6, 6.07) is 13.0. The molecule has 0 unspecified atom stereocenters. The summed E-state index contributed by atoms with van der Waals surface area (Å²) < 4.78 is 0. The van der Waals surface area contributed by atoms with Gasteiger partial charge in [-0.25, -0.2) is 0 Å². The number of fused-ring (bicyclic) bond motifs is 2. The Hall–Kier alpha value is -4.74. The Labute approximate surface area is 306 Å². The first-order valence-corrected chi connectivity index (χ1v) is 18.8. The number of nitrogens with zero attached hydrogens (tertiary/aromatic N) is 2. The van der Waals surface area contributed by atoms with E-state index >= 15 is 0 Å². The average molecular weight is 715 g/mol. The van der Waals surface area contributed by atoms with E-state index in [1.54, 1.807) is 0 Å². The van der Waals surface area contributed by atoms with Gasteiger partial charge in [-0.05, 0) is 61.5 Å². The zero-order valence-corrected chi connectivity index (χ0v) is 30.8. The van der Waals surface area contributed by atoms with Gasteiger partial charge in [0, 0.05) is 25.9 Å². The smallest absolute Gasteiger partial charge is 0.246 e. The minimum atomic E-state index is -1.01. The first kappa shape index (κ1) is 38.5. The lowest BCUT2D eigenvalue weighted by Gasteiger charge is -2.33. The highest BCUT2D eigenvalue weighted by Crippen LogP contribution is 2.23. The van der Waals surface area contributed by atoms with Crippen molar-refractivity contribution in [1.29, 1.82) is 0 Å². The van der Waals surface area contributed by atoms with Crippen LogP contribution in [0.3, 0.4) is 0 Å². The molecule has 6 atom stereocenters. The number of nitrogens with one attached hydrogen (secondary N) is 4. The number of rotatable bonds is 8. The van der Waals surface area contributed by atoms with Crippen LogP contribution in [0, 0.1) is 11.8 Å². The topological polar surface area (TPSA) is 157 Å². The highest BCUT2D eigenvalue weighted by molar-refractivity contribution is 5.98. The van der Waals surface area contributed by atoms with Gasteiger partial charge in [0.2, 0.25) is 35.4 Å². The van der Waals surface area contributed by atoms with Crippen LogP contribution in [0.1, 0.15) is 77.3 Å². The van der Waals surface area contributed by atoms with Crippen LogP contribution in [0.4, 0.5) is 0 Å². The quantitative estimate of drug-likeness (QED) is 0.329. The van der Waals surface area contributed by atoms with E-state index in [4.69, 9.17) is 0 Å². The van der Waals surface area contributed by atoms with Crippen LogP contribution in [0.15, 0.2) is 60.7 Å². The molecule has 0 aliphatic carbocycles. The molecule has 3 fully saturated rings. The van der Waals surface area contributed by atoms with Crippen LogP contribution >= 0.6 is 0 Å². The molecule has 0 saturated carbocycles. The number of benzene rings is 2. The molecule has 6 amide bonds. The summed E-state index contributed by atoms with van der Waals surface area (Å²) in [7, 11) is 0. The van der Waals surface area contributed by atoms with Crippen LogP contribution in [-0.2, 0) is 41.6 Å². The molecule has 0 bridgehead atoms. The Kier molecular flexibility index (Phi) is 13.1. The van der Waals surface area contributed by atoms with Crippen molar-refractivity contribution >= 4 is 35.4 Å². The summed E-state index contributed by atoms with van der Waals surface area (Å²) in [5.41, 5.74) is 1.65. The third-order valence-corrected chi connectivity index (χ3v) is 10.2. The van der Waals surface area contributed by atoms with Gasteiger partial charge in [-0.2, -0.15) is 0 Å². The molecule has 2 aromatic carbocycles. The van der Waals surface area contributed by atoms with Crippen molar-refractivity contribution in [2.45, 2.75) is 115 Å². The molecular formula is C40H54N6O6.